The molecule has 1 aromatic carbocycles. The summed E-state index contributed by atoms with van der Waals surface area (Å²) in [5.74, 6) is 0. The highest BCUT2D eigenvalue weighted by Crippen LogP contribution is 2.24. The molecule has 1 aliphatic rings. The number of nitrogens with zero attached hydrogens (tertiary/aromatic N) is 4. The molecule has 0 radical (unpaired) electrons. The zero-order valence-electron chi connectivity index (χ0n) is 19.0. The predicted molar refractivity (Wildman–Crippen MR) is 124 cm³/mol. The van der Waals surface area contributed by atoms with Crippen molar-refractivity contribution in [3.63, 3.8) is 0 Å². The standard InChI is InChI=1S/C24H33ClN4O2/c1-5-13-29(20-10-14-28(15-11-20)23(30)31-24(2,3)4)17-18-7-6-8-19(16-18)21-9-12-26-22(25)27-21/h6-9,12,16,20H,5,10-11,13-15,17H2,1-4H3. The van der Waals surface area contributed by atoms with Crippen molar-refractivity contribution in [1.29, 1.82) is 0 Å². The second-order valence-electron chi connectivity index (χ2n) is 9.08. The predicted octanol–water partition coefficient (Wildman–Crippen LogP) is 5.41. The molecule has 0 spiro atoms. The van der Waals surface area contributed by atoms with Crippen molar-refractivity contribution in [3.05, 3.63) is 47.4 Å². The molecule has 6 nitrogen and oxygen atoms in total. The van der Waals surface area contributed by atoms with Gasteiger partial charge in [0.25, 0.3) is 0 Å². The minimum Gasteiger partial charge on any atom is -0.444 e. The van der Waals surface area contributed by atoms with Crippen molar-refractivity contribution < 1.29 is 9.53 Å². The molecule has 1 aromatic heterocycles. The molecule has 0 atom stereocenters. The van der Waals surface area contributed by atoms with E-state index in [4.69, 9.17) is 16.3 Å². The number of hydrogen-bond acceptors (Lipinski definition) is 5. The van der Waals surface area contributed by atoms with Crippen LogP contribution in [0.1, 0.15) is 52.5 Å². The minimum absolute atomic E-state index is 0.204. The third kappa shape index (κ3) is 6.91. The topological polar surface area (TPSA) is 58.6 Å². The van der Waals surface area contributed by atoms with Gasteiger partial charge in [0, 0.05) is 37.4 Å². The van der Waals surface area contributed by atoms with E-state index in [1.165, 1.54) is 5.56 Å². The highest BCUT2D eigenvalue weighted by atomic mass is 35.5. The van der Waals surface area contributed by atoms with Gasteiger partial charge < -0.3 is 9.64 Å². The summed E-state index contributed by atoms with van der Waals surface area (Å²) in [6.07, 6.45) is 4.48. The lowest BCUT2D eigenvalue weighted by Crippen LogP contribution is -2.48. The first kappa shape index (κ1) is 23.5. The highest BCUT2D eigenvalue weighted by molar-refractivity contribution is 6.28. The first-order valence-corrected chi connectivity index (χ1v) is 11.4. The Kier molecular flexibility index (Phi) is 7.89. The van der Waals surface area contributed by atoms with E-state index >= 15 is 0 Å². The fraction of sp³-hybridized carbons (Fsp3) is 0.542. The number of likely N-dealkylation sites (tertiary alicyclic amines) is 1. The monoisotopic (exact) mass is 444 g/mol. The summed E-state index contributed by atoms with van der Waals surface area (Å²) >= 11 is 5.96. The van der Waals surface area contributed by atoms with E-state index in [1.807, 2.05) is 37.8 Å². The third-order valence-corrected chi connectivity index (χ3v) is 5.56. The lowest BCUT2D eigenvalue weighted by molar-refractivity contribution is 0.0137. The maximum absolute atomic E-state index is 12.4. The summed E-state index contributed by atoms with van der Waals surface area (Å²) in [5.41, 5.74) is 2.66. The van der Waals surface area contributed by atoms with Crippen LogP contribution in [0.3, 0.4) is 0 Å². The molecule has 0 bridgehead atoms. The molecule has 0 unspecified atom stereocenters. The summed E-state index contributed by atoms with van der Waals surface area (Å²) in [6, 6.07) is 10.8. The van der Waals surface area contributed by atoms with Gasteiger partial charge in [0.2, 0.25) is 5.28 Å². The molecule has 1 amide bonds. The molecule has 2 heterocycles. The zero-order valence-corrected chi connectivity index (χ0v) is 19.7. The van der Waals surface area contributed by atoms with Crippen LogP contribution in [0.2, 0.25) is 5.28 Å². The SMILES string of the molecule is CCCN(Cc1cccc(-c2ccnc(Cl)n2)c1)C1CCN(C(=O)OC(C)(C)C)CC1. The quantitative estimate of drug-likeness (QED) is 0.557. The fourth-order valence-corrected chi connectivity index (χ4v) is 4.12. The third-order valence-electron chi connectivity index (χ3n) is 5.38. The van der Waals surface area contributed by atoms with Crippen LogP contribution in [0.5, 0.6) is 0 Å². The van der Waals surface area contributed by atoms with E-state index in [0.717, 1.165) is 56.7 Å². The van der Waals surface area contributed by atoms with Crippen LogP contribution >= 0.6 is 11.6 Å². The number of carbonyl (C=O) groups excluding carboxylic acids is 1. The Morgan fingerprint density at radius 1 is 1.26 bits per heavy atom. The Bertz CT molecular complexity index is 876. The van der Waals surface area contributed by atoms with Crippen LogP contribution in [0.25, 0.3) is 11.3 Å². The maximum Gasteiger partial charge on any atom is 0.410 e. The summed E-state index contributed by atoms with van der Waals surface area (Å²) in [6.45, 7) is 11.3. The van der Waals surface area contributed by atoms with Crippen LogP contribution in [0, 0.1) is 0 Å². The van der Waals surface area contributed by atoms with Gasteiger partial charge in [-0.25, -0.2) is 14.8 Å². The largest absolute Gasteiger partial charge is 0.444 e. The molecule has 3 rings (SSSR count). The van der Waals surface area contributed by atoms with Crippen LogP contribution in [-0.2, 0) is 11.3 Å². The number of piperidine rings is 1. The first-order valence-electron chi connectivity index (χ1n) is 11.0. The number of ether oxygens (including phenoxy) is 1. The molecule has 1 saturated heterocycles. The summed E-state index contributed by atoms with van der Waals surface area (Å²) in [7, 11) is 0. The second-order valence-corrected chi connectivity index (χ2v) is 9.42. The average molecular weight is 445 g/mol. The lowest BCUT2D eigenvalue weighted by atomic mass is 10.0. The van der Waals surface area contributed by atoms with E-state index in [2.05, 4.69) is 40.0 Å². The Morgan fingerprint density at radius 2 is 2.00 bits per heavy atom. The molecular formula is C24H33ClN4O2. The van der Waals surface area contributed by atoms with Crippen LogP contribution in [0.15, 0.2) is 36.5 Å². The molecule has 31 heavy (non-hydrogen) atoms. The molecule has 7 heteroatoms. The van der Waals surface area contributed by atoms with E-state index < -0.39 is 5.60 Å². The fourth-order valence-electron chi connectivity index (χ4n) is 3.98. The van der Waals surface area contributed by atoms with Gasteiger partial charge in [-0.3, -0.25) is 4.90 Å². The molecule has 0 N–H and O–H groups in total. The average Bonchev–Trinajstić information content (AvgIpc) is 2.73. The van der Waals surface area contributed by atoms with Gasteiger partial charge in [-0.1, -0.05) is 25.1 Å². The summed E-state index contributed by atoms with van der Waals surface area (Å²) < 4.78 is 5.53. The summed E-state index contributed by atoms with van der Waals surface area (Å²) in [5, 5.41) is 0.257. The molecule has 1 aliphatic heterocycles. The van der Waals surface area contributed by atoms with Gasteiger partial charge in [-0.2, -0.15) is 0 Å². The normalized spacial score (nSPS) is 15.4. The molecule has 2 aromatic rings. The molecule has 1 fully saturated rings. The second kappa shape index (κ2) is 10.4. The van der Waals surface area contributed by atoms with Crippen molar-refractivity contribution in [1.82, 2.24) is 19.8 Å². The van der Waals surface area contributed by atoms with E-state index in [0.29, 0.717) is 6.04 Å². The number of benzene rings is 1. The Labute approximate surface area is 190 Å². The van der Waals surface area contributed by atoms with Gasteiger partial charge in [0.05, 0.1) is 5.69 Å². The van der Waals surface area contributed by atoms with Crippen LogP contribution < -0.4 is 0 Å². The smallest absolute Gasteiger partial charge is 0.410 e. The van der Waals surface area contributed by atoms with Gasteiger partial charge in [0.1, 0.15) is 5.60 Å². The van der Waals surface area contributed by atoms with E-state index in [1.54, 1.807) is 6.20 Å². The van der Waals surface area contributed by atoms with E-state index in [-0.39, 0.29) is 11.4 Å². The maximum atomic E-state index is 12.4. The molecule has 0 aliphatic carbocycles. The van der Waals surface area contributed by atoms with Gasteiger partial charge in [-0.05, 0) is 75.9 Å². The number of hydrogen-bond donors (Lipinski definition) is 0. The van der Waals surface area contributed by atoms with Crippen molar-refractivity contribution >= 4 is 17.7 Å². The first-order chi connectivity index (χ1) is 14.7. The minimum atomic E-state index is -0.457. The number of halogens is 1. The van der Waals surface area contributed by atoms with Crippen LogP contribution in [-0.4, -0.2) is 57.1 Å². The highest BCUT2D eigenvalue weighted by Gasteiger charge is 2.29. The lowest BCUT2D eigenvalue weighted by Gasteiger charge is -2.39. The Balaban J connectivity index is 1.64. The van der Waals surface area contributed by atoms with Gasteiger partial charge in [0.15, 0.2) is 0 Å². The van der Waals surface area contributed by atoms with Crippen molar-refractivity contribution in [2.75, 3.05) is 19.6 Å². The number of carbonyl (C=O) groups is 1. The molecular weight excluding hydrogens is 412 g/mol. The van der Waals surface area contributed by atoms with Crippen LogP contribution in [0.4, 0.5) is 4.79 Å². The Hall–Kier alpha value is -2.18. The van der Waals surface area contributed by atoms with Gasteiger partial charge in [-0.15, -0.1) is 0 Å². The zero-order chi connectivity index (χ0) is 22.4. The number of rotatable bonds is 6. The number of amides is 1. The van der Waals surface area contributed by atoms with Crippen molar-refractivity contribution in [2.45, 2.75) is 65.1 Å². The van der Waals surface area contributed by atoms with Gasteiger partial charge >= 0.3 is 6.09 Å². The van der Waals surface area contributed by atoms with Crippen molar-refractivity contribution in [2.24, 2.45) is 0 Å². The van der Waals surface area contributed by atoms with E-state index in [9.17, 15) is 4.79 Å². The summed E-state index contributed by atoms with van der Waals surface area (Å²) in [4.78, 5) is 25.1. The molecule has 0 saturated carbocycles. The Morgan fingerprint density at radius 3 is 2.65 bits per heavy atom. The molecule has 168 valence electrons. The van der Waals surface area contributed by atoms with Crippen molar-refractivity contribution in [3.8, 4) is 11.3 Å². The number of aromatic nitrogens is 2.